The molecule has 0 spiro atoms. The zero-order valence-electron chi connectivity index (χ0n) is 11.2. The van der Waals surface area contributed by atoms with Gasteiger partial charge >= 0.3 is 0 Å². The fourth-order valence-electron chi connectivity index (χ4n) is 2.21. The van der Waals surface area contributed by atoms with Crippen LogP contribution in [0, 0.1) is 11.3 Å². The zero-order chi connectivity index (χ0) is 14.7. The lowest BCUT2D eigenvalue weighted by Crippen LogP contribution is -2.19. The summed E-state index contributed by atoms with van der Waals surface area (Å²) in [5.74, 6) is 1.12. The number of nitrogens with zero attached hydrogens (tertiary/aromatic N) is 1. The summed E-state index contributed by atoms with van der Waals surface area (Å²) in [6, 6.07) is 15.2. The van der Waals surface area contributed by atoms with Gasteiger partial charge in [-0.1, -0.05) is 41.9 Å². The smallest absolute Gasteiger partial charge is 0.231 e. The molecule has 1 heterocycles. The molecule has 0 aromatic heterocycles. The Morgan fingerprint density at radius 1 is 1.24 bits per heavy atom. The van der Waals surface area contributed by atoms with Crippen molar-refractivity contribution in [3.05, 3.63) is 58.6 Å². The minimum atomic E-state index is -0.461. The van der Waals surface area contributed by atoms with E-state index < -0.39 is 6.04 Å². The van der Waals surface area contributed by atoms with Crippen LogP contribution in [0.25, 0.3) is 0 Å². The van der Waals surface area contributed by atoms with Crippen molar-refractivity contribution in [3.63, 3.8) is 0 Å². The van der Waals surface area contributed by atoms with Gasteiger partial charge in [-0.3, -0.25) is 5.32 Å². The standard InChI is InChI=1S/C16H13ClN2O2/c17-13-6-12(7-15-16(13)21-10-20-15)14(8-18)19-9-11-4-2-1-3-5-11/h1-7,14,19H,9-10H2. The van der Waals surface area contributed by atoms with Gasteiger partial charge in [0.2, 0.25) is 6.79 Å². The van der Waals surface area contributed by atoms with Crippen molar-refractivity contribution in [3.8, 4) is 17.6 Å². The molecule has 0 radical (unpaired) electrons. The van der Waals surface area contributed by atoms with Gasteiger partial charge < -0.3 is 9.47 Å². The lowest BCUT2D eigenvalue weighted by atomic mass is 10.1. The molecular weight excluding hydrogens is 288 g/mol. The summed E-state index contributed by atoms with van der Waals surface area (Å²) in [5, 5.41) is 13.0. The van der Waals surface area contributed by atoms with E-state index in [1.165, 1.54) is 0 Å². The van der Waals surface area contributed by atoms with Gasteiger partial charge in [0, 0.05) is 6.54 Å². The van der Waals surface area contributed by atoms with E-state index in [0.29, 0.717) is 23.1 Å². The average molecular weight is 301 g/mol. The normalized spacial score (nSPS) is 13.7. The molecule has 1 atom stereocenters. The molecule has 2 aromatic rings. The Labute approximate surface area is 127 Å². The molecule has 0 amide bonds. The second-order valence-electron chi connectivity index (χ2n) is 4.67. The summed E-state index contributed by atoms with van der Waals surface area (Å²) in [7, 11) is 0. The molecule has 2 aromatic carbocycles. The molecule has 5 heteroatoms. The first-order valence-electron chi connectivity index (χ1n) is 6.54. The van der Waals surface area contributed by atoms with Crippen molar-refractivity contribution in [2.75, 3.05) is 6.79 Å². The lowest BCUT2D eigenvalue weighted by molar-refractivity contribution is 0.174. The lowest BCUT2D eigenvalue weighted by Gasteiger charge is -2.13. The molecule has 1 aliphatic rings. The number of benzene rings is 2. The van der Waals surface area contributed by atoms with Crippen LogP contribution in [0.5, 0.6) is 11.5 Å². The molecule has 0 saturated carbocycles. The van der Waals surface area contributed by atoms with E-state index in [1.54, 1.807) is 12.1 Å². The fourth-order valence-corrected chi connectivity index (χ4v) is 2.48. The highest BCUT2D eigenvalue weighted by Gasteiger charge is 2.21. The Morgan fingerprint density at radius 2 is 2.05 bits per heavy atom. The van der Waals surface area contributed by atoms with Crippen LogP contribution < -0.4 is 14.8 Å². The molecular formula is C16H13ClN2O2. The van der Waals surface area contributed by atoms with E-state index >= 15 is 0 Å². The van der Waals surface area contributed by atoms with Gasteiger partial charge in [-0.25, -0.2) is 0 Å². The molecule has 3 rings (SSSR count). The summed E-state index contributed by atoms with van der Waals surface area (Å²) >= 11 is 6.15. The quantitative estimate of drug-likeness (QED) is 0.940. The van der Waals surface area contributed by atoms with Gasteiger partial charge in [-0.05, 0) is 23.3 Å². The zero-order valence-corrected chi connectivity index (χ0v) is 11.9. The number of nitrogens with one attached hydrogen (secondary N) is 1. The van der Waals surface area contributed by atoms with Crippen LogP contribution in [-0.4, -0.2) is 6.79 Å². The van der Waals surface area contributed by atoms with Crippen molar-refractivity contribution in [1.82, 2.24) is 5.32 Å². The molecule has 1 unspecified atom stereocenters. The van der Waals surface area contributed by atoms with E-state index in [2.05, 4.69) is 11.4 Å². The Kier molecular flexibility index (Phi) is 3.96. The van der Waals surface area contributed by atoms with Crippen molar-refractivity contribution in [2.24, 2.45) is 0 Å². The predicted molar refractivity (Wildman–Crippen MR) is 79.2 cm³/mol. The number of hydrogen-bond acceptors (Lipinski definition) is 4. The highest BCUT2D eigenvalue weighted by atomic mass is 35.5. The second-order valence-corrected chi connectivity index (χ2v) is 5.07. The largest absolute Gasteiger partial charge is 0.454 e. The second kappa shape index (κ2) is 6.04. The maximum absolute atomic E-state index is 9.37. The number of hydrogen-bond donors (Lipinski definition) is 1. The maximum Gasteiger partial charge on any atom is 0.231 e. The van der Waals surface area contributed by atoms with Crippen molar-refractivity contribution < 1.29 is 9.47 Å². The average Bonchev–Trinajstić information content (AvgIpc) is 2.98. The third-order valence-electron chi connectivity index (χ3n) is 3.27. The number of ether oxygens (including phenoxy) is 2. The first kappa shape index (κ1) is 13.7. The van der Waals surface area contributed by atoms with Gasteiger partial charge in [-0.15, -0.1) is 0 Å². The molecule has 0 saturated heterocycles. The van der Waals surface area contributed by atoms with Crippen LogP contribution in [0.1, 0.15) is 17.2 Å². The Morgan fingerprint density at radius 3 is 2.81 bits per heavy atom. The molecule has 21 heavy (non-hydrogen) atoms. The summed E-state index contributed by atoms with van der Waals surface area (Å²) in [6.45, 7) is 0.762. The van der Waals surface area contributed by atoms with Crippen LogP contribution in [0.2, 0.25) is 5.02 Å². The topological polar surface area (TPSA) is 54.3 Å². The molecule has 1 aliphatic heterocycles. The summed E-state index contributed by atoms with van der Waals surface area (Å²) in [5.41, 5.74) is 1.88. The molecule has 4 nitrogen and oxygen atoms in total. The van der Waals surface area contributed by atoms with Gasteiger partial charge in [0.25, 0.3) is 0 Å². The van der Waals surface area contributed by atoms with Crippen molar-refractivity contribution in [2.45, 2.75) is 12.6 Å². The van der Waals surface area contributed by atoms with Crippen molar-refractivity contribution in [1.29, 1.82) is 5.26 Å². The Balaban J connectivity index is 1.78. The fraction of sp³-hybridized carbons (Fsp3) is 0.188. The van der Waals surface area contributed by atoms with Crippen LogP contribution >= 0.6 is 11.6 Å². The monoisotopic (exact) mass is 300 g/mol. The van der Waals surface area contributed by atoms with Crippen molar-refractivity contribution >= 4 is 11.6 Å². The molecule has 0 bridgehead atoms. The number of halogens is 1. The molecule has 0 fully saturated rings. The molecule has 1 N–H and O–H groups in total. The summed E-state index contributed by atoms with van der Waals surface area (Å²) in [4.78, 5) is 0. The van der Waals surface area contributed by atoms with Gasteiger partial charge in [-0.2, -0.15) is 5.26 Å². The summed E-state index contributed by atoms with van der Waals surface area (Å²) < 4.78 is 10.6. The van der Waals surface area contributed by atoms with E-state index in [4.69, 9.17) is 21.1 Å². The van der Waals surface area contributed by atoms with Gasteiger partial charge in [0.15, 0.2) is 11.5 Å². The van der Waals surface area contributed by atoms with E-state index in [1.807, 2.05) is 30.3 Å². The third-order valence-corrected chi connectivity index (χ3v) is 3.55. The third kappa shape index (κ3) is 2.94. The summed E-state index contributed by atoms with van der Waals surface area (Å²) in [6.07, 6.45) is 0. The first-order valence-corrected chi connectivity index (χ1v) is 6.91. The van der Waals surface area contributed by atoms with E-state index in [-0.39, 0.29) is 6.79 Å². The Bertz CT molecular complexity index is 683. The number of rotatable bonds is 4. The predicted octanol–water partition coefficient (Wildman–Crippen LogP) is 3.42. The van der Waals surface area contributed by atoms with E-state index in [0.717, 1.165) is 11.1 Å². The molecule has 106 valence electrons. The first-order chi connectivity index (χ1) is 10.3. The minimum Gasteiger partial charge on any atom is -0.454 e. The maximum atomic E-state index is 9.37. The number of nitriles is 1. The molecule has 0 aliphatic carbocycles. The van der Waals surface area contributed by atoms with Crippen LogP contribution in [0.15, 0.2) is 42.5 Å². The minimum absolute atomic E-state index is 0.160. The van der Waals surface area contributed by atoms with Gasteiger partial charge in [0.1, 0.15) is 6.04 Å². The van der Waals surface area contributed by atoms with Crippen LogP contribution in [-0.2, 0) is 6.54 Å². The highest BCUT2D eigenvalue weighted by molar-refractivity contribution is 6.32. The number of fused-ring (bicyclic) bond motifs is 1. The van der Waals surface area contributed by atoms with Gasteiger partial charge in [0.05, 0.1) is 11.1 Å². The van der Waals surface area contributed by atoms with Crippen LogP contribution in [0.4, 0.5) is 0 Å². The SMILES string of the molecule is N#CC(NCc1ccccc1)c1cc(Cl)c2c(c1)OCO2. The highest BCUT2D eigenvalue weighted by Crippen LogP contribution is 2.41. The van der Waals surface area contributed by atoms with Crippen LogP contribution in [0.3, 0.4) is 0 Å². The Hall–Kier alpha value is -2.22. The van der Waals surface area contributed by atoms with E-state index in [9.17, 15) is 5.26 Å².